The Morgan fingerprint density at radius 2 is 2.06 bits per heavy atom. The van der Waals surface area contributed by atoms with Gasteiger partial charge in [-0.3, -0.25) is 0 Å². The predicted octanol–water partition coefficient (Wildman–Crippen LogP) is 3.56. The Kier molecular flexibility index (Phi) is 4.34. The molecular weight excluding hydrogens is 294 g/mol. The van der Waals surface area contributed by atoms with E-state index in [9.17, 15) is 18.0 Å². The predicted molar refractivity (Wildman–Crippen MR) is 60.9 cm³/mol. The monoisotopic (exact) mass is 301 g/mol. The molecule has 0 saturated carbocycles. The first-order valence-electron chi connectivity index (χ1n) is 4.68. The Bertz CT molecular complexity index is 465. The molecule has 1 saturated heterocycles. The van der Waals surface area contributed by atoms with Crippen molar-refractivity contribution in [2.45, 2.75) is 12.2 Å². The van der Waals surface area contributed by atoms with Gasteiger partial charge in [0.15, 0.2) is 0 Å². The van der Waals surface area contributed by atoms with Crippen LogP contribution in [0.2, 0.25) is 5.02 Å². The van der Waals surface area contributed by atoms with Crippen LogP contribution in [0.3, 0.4) is 0 Å². The highest BCUT2D eigenvalue weighted by Gasteiger charge is 2.36. The molecule has 100 valence electrons. The fourth-order valence-corrected chi connectivity index (χ4v) is 1.95. The highest BCUT2D eigenvalue weighted by Crippen LogP contribution is 2.38. The molecule has 2 rings (SSSR count). The molecule has 3 nitrogen and oxygen atoms in total. The molecule has 0 bridgehead atoms. The van der Waals surface area contributed by atoms with Crippen LogP contribution in [0.25, 0.3) is 0 Å². The lowest BCUT2D eigenvalue weighted by Gasteiger charge is -2.15. The topological polar surface area (TPSA) is 38.3 Å². The molecule has 1 N–H and O–H groups in total. The molecule has 0 spiro atoms. The molecule has 1 fully saturated rings. The van der Waals surface area contributed by atoms with Gasteiger partial charge in [-0.25, -0.2) is 4.79 Å². The Balaban J connectivity index is 0.00000162. The van der Waals surface area contributed by atoms with Crippen LogP contribution in [-0.4, -0.2) is 12.7 Å². The molecule has 1 aromatic rings. The Morgan fingerprint density at radius 3 is 2.56 bits per heavy atom. The van der Waals surface area contributed by atoms with Gasteiger partial charge in [0, 0.05) is 0 Å². The van der Waals surface area contributed by atoms with E-state index >= 15 is 0 Å². The van der Waals surface area contributed by atoms with Gasteiger partial charge >= 0.3 is 12.3 Å². The maximum atomic E-state index is 12.6. The summed E-state index contributed by atoms with van der Waals surface area (Å²) in [5.74, 6) is 0. The normalized spacial score (nSPS) is 18.9. The molecule has 1 atom stereocenters. The van der Waals surface area contributed by atoms with Gasteiger partial charge in [0.25, 0.3) is 0 Å². The van der Waals surface area contributed by atoms with E-state index in [0.717, 1.165) is 6.07 Å². The van der Waals surface area contributed by atoms with Gasteiger partial charge in [0.05, 0.1) is 16.6 Å². The zero-order chi connectivity index (χ0) is 12.6. The van der Waals surface area contributed by atoms with Gasteiger partial charge in [-0.05, 0) is 11.6 Å². The van der Waals surface area contributed by atoms with Crippen LogP contribution in [0.5, 0.6) is 0 Å². The summed E-state index contributed by atoms with van der Waals surface area (Å²) >= 11 is 5.69. The summed E-state index contributed by atoms with van der Waals surface area (Å²) in [6.07, 6.45) is -5.18. The molecule has 1 aromatic carbocycles. The fraction of sp³-hybridized carbons (Fsp3) is 0.300. The zero-order valence-corrected chi connectivity index (χ0v) is 10.3. The molecule has 0 radical (unpaired) electrons. The third-order valence-electron chi connectivity index (χ3n) is 2.38. The van der Waals surface area contributed by atoms with E-state index in [2.05, 4.69) is 10.1 Å². The molecule has 1 amide bonds. The molecule has 1 heterocycles. The lowest BCUT2D eigenvalue weighted by atomic mass is 10.0. The Labute approximate surface area is 112 Å². The quantitative estimate of drug-likeness (QED) is 0.861. The Morgan fingerprint density at radius 1 is 1.39 bits per heavy atom. The number of alkyl halides is 3. The molecule has 0 unspecified atom stereocenters. The van der Waals surface area contributed by atoms with Crippen molar-refractivity contribution in [2.75, 3.05) is 6.61 Å². The van der Waals surface area contributed by atoms with Crippen LogP contribution in [-0.2, 0) is 10.9 Å². The lowest BCUT2D eigenvalue weighted by Crippen LogP contribution is -2.19. The third-order valence-corrected chi connectivity index (χ3v) is 2.80. The number of cyclic esters (lactones) is 1. The molecule has 0 aliphatic carbocycles. The van der Waals surface area contributed by atoms with E-state index in [0.29, 0.717) is 0 Å². The van der Waals surface area contributed by atoms with Gasteiger partial charge in [-0.1, -0.05) is 23.7 Å². The molecule has 0 aromatic heterocycles. The average Bonchev–Trinajstić information content (AvgIpc) is 2.63. The highest BCUT2D eigenvalue weighted by molar-refractivity contribution is 6.32. The second-order valence-corrected chi connectivity index (χ2v) is 3.88. The summed E-state index contributed by atoms with van der Waals surface area (Å²) < 4.78 is 42.4. The third kappa shape index (κ3) is 2.81. The van der Waals surface area contributed by atoms with Crippen LogP contribution >= 0.6 is 24.0 Å². The minimum atomic E-state index is -4.52. The number of ether oxygens (including phenoxy) is 1. The molecular formula is C10H8Cl2F3NO2. The fourth-order valence-electron chi connectivity index (χ4n) is 1.59. The number of benzene rings is 1. The molecule has 8 heteroatoms. The average molecular weight is 302 g/mol. The van der Waals surface area contributed by atoms with E-state index in [1.54, 1.807) is 0 Å². The van der Waals surface area contributed by atoms with Crippen LogP contribution in [0.4, 0.5) is 18.0 Å². The maximum Gasteiger partial charge on any atom is 0.417 e. The molecule has 18 heavy (non-hydrogen) atoms. The van der Waals surface area contributed by atoms with Crippen molar-refractivity contribution in [3.63, 3.8) is 0 Å². The van der Waals surface area contributed by atoms with Crippen molar-refractivity contribution in [1.29, 1.82) is 0 Å². The smallest absolute Gasteiger partial charge is 0.417 e. The number of carbonyl (C=O) groups excluding carboxylic acids is 1. The van der Waals surface area contributed by atoms with E-state index in [-0.39, 0.29) is 24.6 Å². The summed E-state index contributed by atoms with van der Waals surface area (Å²) in [5, 5.41) is 1.97. The first-order valence-corrected chi connectivity index (χ1v) is 5.06. The van der Waals surface area contributed by atoms with Crippen molar-refractivity contribution in [2.24, 2.45) is 0 Å². The second kappa shape index (κ2) is 5.24. The summed E-state index contributed by atoms with van der Waals surface area (Å²) in [6.45, 7) is -0.0279. The van der Waals surface area contributed by atoms with Crippen LogP contribution < -0.4 is 5.32 Å². The summed E-state index contributed by atoms with van der Waals surface area (Å²) in [6, 6.07) is 2.92. The lowest BCUT2D eigenvalue weighted by molar-refractivity contribution is -0.137. The van der Waals surface area contributed by atoms with E-state index in [1.165, 1.54) is 12.1 Å². The van der Waals surface area contributed by atoms with E-state index in [1.807, 2.05) is 0 Å². The van der Waals surface area contributed by atoms with Gasteiger partial charge in [-0.2, -0.15) is 13.2 Å². The van der Waals surface area contributed by atoms with Gasteiger partial charge < -0.3 is 10.1 Å². The van der Waals surface area contributed by atoms with E-state index < -0.39 is 28.9 Å². The number of carbonyl (C=O) groups is 1. The zero-order valence-electron chi connectivity index (χ0n) is 8.75. The summed E-state index contributed by atoms with van der Waals surface area (Å²) in [5.41, 5.74) is -0.717. The van der Waals surface area contributed by atoms with Gasteiger partial charge in [0.1, 0.15) is 6.61 Å². The summed E-state index contributed by atoms with van der Waals surface area (Å²) in [7, 11) is 0. The van der Waals surface area contributed by atoms with Crippen molar-refractivity contribution < 1.29 is 22.7 Å². The van der Waals surface area contributed by atoms with Crippen LogP contribution in [0.1, 0.15) is 17.2 Å². The number of amides is 1. The van der Waals surface area contributed by atoms with Gasteiger partial charge in [-0.15, -0.1) is 12.4 Å². The molecule has 1 aliphatic heterocycles. The van der Waals surface area contributed by atoms with Crippen LogP contribution in [0.15, 0.2) is 18.2 Å². The number of hydrogen-bond donors (Lipinski definition) is 1. The van der Waals surface area contributed by atoms with Crippen LogP contribution in [0, 0.1) is 0 Å². The minimum Gasteiger partial charge on any atom is -0.447 e. The number of alkyl carbamates (subject to hydrolysis) is 1. The number of rotatable bonds is 1. The van der Waals surface area contributed by atoms with Gasteiger partial charge in [0.2, 0.25) is 0 Å². The number of halogens is 5. The number of nitrogens with one attached hydrogen (secondary N) is 1. The largest absolute Gasteiger partial charge is 0.447 e. The first kappa shape index (κ1) is 14.9. The standard InChI is InChI=1S/C10H7ClF3NO2.ClH/c11-8-5(7-4-17-9(16)15-7)2-1-3-6(8)10(12,13)14;/h1-3,7H,4H2,(H,15,16);1H/t7-;/m1./s1. The van der Waals surface area contributed by atoms with E-state index in [4.69, 9.17) is 11.6 Å². The molecule has 1 aliphatic rings. The van der Waals surface area contributed by atoms with Crippen molar-refractivity contribution in [3.05, 3.63) is 34.3 Å². The highest BCUT2D eigenvalue weighted by atomic mass is 35.5. The van der Waals surface area contributed by atoms with Crippen molar-refractivity contribution in [1.82, 2.24) is 5.32 Å². The number of hydrogen-bond acceptors (Lipinski definition) is 2. The SMILES string of the molecule is Cl.O=C1N[C@@H](c2cccc(C(F)(F)F)c2Cl)CO1. The second-order valence-electron chi connectivity index (χ2n) is 3.50. The van der Waals surface area contributed by atoms with Crippen molar-refractivity contribution in [3.8, 4) is 0 Å². The van der Waals surface area contributed by atoms with Crippen molar-refractivity contribution >= 4 is 30.1 Å². The maximum absolute atomic E-state index is 12.6. The minimum absolute atomic E-state index is 0. The Hall–Kier alpha value is -1.14. The summed E-state index contributed by atoms with van der Waals surface area (Å²) in [4.78, 5) is 10.8. The first-order chi connectivity index (χ1) is 7.89.